The van der Waals surface area contributed by atoms with Gasteiger partial charge in [0.2, 0.25) is 0 Å². The van der Waals surface area contributed by atoms with Gasteiger partial charge < -0.3 is 10.6 Å². The number of carbonyl (C=O) groups excluding carboxylic acids is 1. The summed E-state index contributed by atoms with van der Waals surface area (Å²) in [7, 11) is 0. The first-order chi connectivity index (χ1) is 8.65. The van der Waals surface area contributed by atoms with Crippen LogP contribution >= 0.6 is 23.7 Å². The molecular weight excluding hydrogens is 280 g/mol. The molecule has 1 saturated heterocycles. The van der Waals surface area contributed by atoms with Crippen LogP contribution in [0, 0.1) is 0 Å². The summed E-state index contributed by atoms with van der Waals surface area (Å²) in [5.74, 6) is 0.184. The van der Waals surface area contributed by atoms with Crippen molar-refractivity contribution >= 4 is 29.7 Å². The Hall–Kier alpha value is -0.580. The number of aryl methyl sites for hydroxylation is 1. The summed E-state index contributed by atoms with van der Waals surface area (Å²) in [5.41, 5.74) is 7.19. The Balaban J connectivity index is 0.00000180. The van der Waals surface area contributed by atoms with Gasteiger partial charge in [-0.1, -0.05) is 6.92 Å². The molecule has 2 heterocycles. The van der Waals surface area contributed by atoms with Crippen molar-refractivity contribution in [2.24, 2.45) is 5.73 Å². The Labute approximate surface area is 125 Å². The average molecular weight is 303 g/mol. The second kappa shape index (κ2) is 7.27. The summed E-state index contributed by atoms with van der Waals surface area (Å²) >= 11 is 1.56. The number of rotatable bonds is 3. The number of hydrogen-bond acceptors (Lipinski definition) is 3. The van der Waals surface area contributed by atoms with Crippen molar-refractivity contribution in [3.63, 3.8) is 0 Å². The van der Waals surface area contributed by atoms with E-state index < -0.39 is 0 Å². The van der Waals surface area contributed by atoms with Gasteiger partial charge in [-0.3, -0.25) is 4.79 Å². The van der Waals surface area contributed by atoms with Crippen LogP contribution in [0.4, 0.5) is 0 Å². The molecule has 2 atom stereocenters. The molecule has 108 valence electrons. The van der Waals surface area contributed by atoms with E-state index in [2.05, 4.69) is 13.0 Å². The molecule has 1 amide bonds. The maximum atomic E-state index is 12.6. The molecule has 1 aromatic heterocycles. The van der Waals surface area contributed by atoms with E-state index in [0.717, 1.165) is 30.7 Å². The molecule has 2 N–H and O–H groups in total. The highest BCUT2D eigenvalue weighted by atomic mass is 35.5. The van der Waals surface area contributed by atoms with Crippen molar-refractivity contribution in [1.82, 2.24) is 4.90 Å². The summed E-state index contributed by atoms with van der Waals surface area (Å²) in [6.45, 7) is 4.95. The van der Waals surface area contributed by atoms with E-state index in [0.29, 0.717) is 0 Å². The quantitative estimate of drug-likeness (QED) is 0.932. The SMILES string of the molecule is CCc1ccsc1C(=O)N1CCCCC1C(C)N.Cl. The molecule has 0 saturated carbocycles. The molecule has 0 radical (unpaired) electrons. The third-order valence-electron chi connectivity index (χ3n) is 3.74. The highest BCUT2D eigenvalue weighted by molar-refractivity contribution is 7.12. The fourth-order valence-electron chi connectivity index (χ4n) is 2.69. The van der Waals surface area contributed by atoms with Gasteiger partial charge >= 0.3 is 0 Å². The van der Waals surface area contributed by atoms with Crippen LogP contribution in [-0.2, 0) is 6.42 Å². The molecule has 19 heavy (non-hydrogen) atoms. The number of nitrogens with two attached hydrogens (primary N) is 1. The predicted octanol–water partition coefficient (Wildman–Crippen LogP) is 3.07. The van der Waals surface area contributed by atoms with Crippen LogP contribution in [-0.4, -0.2) is 29.4 Å². The minimum absolute atomic E-state index is 0. The van der Waals surface area contributed by atoms with E-state index in [1.165, 1.54) is 12.0 Å². The number of halogens is 1. The zero-order chi connectivity index (χ0) is 13.1. The van der Waals surface area contributed by atoms with Crippen LogP contribution < -0.4 is 5.73 Å². The minimum Gasteiger partial charge on any atom is -0.333 e. The summed E-state index contributed by atoms with van der Waals surface area (Å²) in [6.07, 6.45) is 4.24. The second-order valence-corrected chi connectivity index (χ2v) is 5.97. The Morgan fingerprint density at radius 3 is 2.95 bits per heavy atom. The second-order valence-electron chi connectivity index (χ2n) is 5.05. The van der Waals surface area contributed by atoms with Gasteiger partial charge in [0.1, 0.15) is 0 Å². The molecular formula is C14H23ClN2OS. The number of carbonyl (C=O) groups is 1. The molecule has 0 bridgehead atoms. The molecule has 3 nitrogen and oxygen atoms in total. The zero-order valence-corrected chi connectivity index (χ0v) is 13.2. The summed E-state index contributed by atoms with van der Waals surface area (Å²) < 4.78 is 0. The molecule has 1 aromatic rings. The largest absolute Gasteiger partial charge is 0.333 e. The fourth-order valence-corrected chi connectivity index (χ4v) is 3.64. The van der Waals surface area contributed by atoms with Gasteiger partial charge in [0.05, 0.1) is 4.88 Å². The molecule has 2 rings (SSSR count). The molecule has 5 heteroatoms. The van der Waals surface area contributed by atoms with E-state index in [1.807, 2.05) is 17.2 Å². The zero-order valence-electron chi connectivity index (χ0n) is 11.6. The van der Waals surface area contributed by atoms with Crippen LogP contribution in [0.2, 0.25) is 0 Å². The van der Waals surface area contributed by atoms with Crippen LogP contribution in [0.1, 0.15) is 48.3 Å². The van der Waals surface area contributed by atoms with Crippen molar-refractivity contribution in [2.45, 2.75) is 51.6 Å². The van der Waals surface area contributed by atoms with E-state index >= 15 is 0 Å². The van der Waals surface area contributed by atoms with Crippen LogP contribution in [0.25, 0.3) is 0 Å². The first-order valence-corrected chi connectivity index (χ1v) is 7.66. The van der Waals surface area contributed by atoms with Crippen molar-refractivity contribution in [1.29, 1.82) is 0 Å². The van der Waals surface area contributed by atoms with E-state index in [4.69, 9.17) is 5.73 Å². The summed E-state index contributed by atoms with van der Waals surface area (Å²) in [4.78, 5) is 15.5. The number of likely N-dealkylation sites (tertiary alicyclic amines) is 1. The Bertz CT molecular complexity index is 419. The summed E-state index contributed by atoms with van der Waals surface area (Å²) in [5, 5.41) is 2.01. The summed E-state index contributed by atoms with van der Waals surface area (Å²) in [6, 6.07) is 2.32. The molecule has 1 fully saturated rings. The van der Waals surface area contributed by atoms with Crippen LogP contribution in [0.5, 0.6) is 0 Å². The Morgan fingerprint density at radius 1 is 1.58 bits per heavy atom. The fraction of sp³-hybridized carbons (Fsp3) is 0.643. The topological polar surface area (TPSA) is 46.3 Å². The maximum absolute atomic E-state index is 12.6. The molecule has 1 aliphatic heterocycles. The lowest BCUT2D eigenvalue weighted by Crippen LogP contribution is -2.51. The standard InChI is InChI=1S/C14H22N2OS.ClH/c1-3-11-7-9-18-13(11)14(17)16-8-5-4-6-12(16)10(2)15;/h7,9-10,12H,3-6,8,15H2,1-2H3;1H. The van der Waals surface area contributed by atoms with E-state index in [9.17, 15) is 4.79 Å². The third-order valence-corrected chi connectivity index (χ3v) is 4.68. The highest BCUT2D eigenvalue weighted by Gasteiger charge is 2.31. The van der Waals surface area contributed by atoms with Crippen LogP contribution in [0.3, 0.4) is 0 Å². The molecule has 0 aliphatic carbocycles. The lowest BCUT2D eigenvalue weighted by molar-refractivity contribution is 0.0588. The van der Waals surface area contributed by atoms with E-state index in [1.54, 1.807) is 11.3 Å². The first-order valence-electron chi connectivity index (χ1n) is 6.78. The maximum Gasteiger partial charge on any atom is 0.264 e. The van der Waals surface area contributed by atoms with Crippen molar-refractivity contribution in [3.05, 3.63) is 21.9 Å². The average Bonchev–Trinajstić information content (AvgIpc) is 2.86. The lowest BCUT2D eigenvalue weighted by atomic mass is 9.96. The molecule has 1 aliphatic rings. The first kappa shape index (κ1) is 16.5. The van der Waals surface area contributed by atoms with Gasteiger partial charge in [-0.05, 0) is 49.6 Å². The van der Waals surface area contributed by atoms with Crippen molar-refractivity contribution in [2.75, 3.05) is 6.54 Å². The number of piperidine rings is 1. The van der Waals surface area contributed by atoms with Gasteiger partial charge in [0.25, 0.3) is 5.91 Å². The number of nitrogens with zero attached hydrogens (tertiary/aromatic N) is 1. The van der Waals surface area contributed by atoms with Crippen molar-refractivity contribution in [3.8, 4) is 0 Å². The van der Waals surface area contributed by atoms with Gasteiger partial charge in [0.15, 0.2) is 0 Å². The minimum atomic E-state index is 0. The van der Waals surface area contributed by atoms with Crippen LogP contribution in [0.15, 0.2) is 11.4 Å². The Morgan fingerprint density at radius 2 is 2.32 bits per heavy atom. The number of thiophene rings is 1. The smallest absolute Gasteiger partial charge is 0.264 e. The van der Waals surface area contributed by atoms with Gasteiger partial charge in [0, 0.05) is 18.6 Å². The van der Waals surface area contributed by atoms with Crippen molar-refractivity contribution < 1.29 is 4.79 Å². The monoisotopic (exact) mass is 302 g/mol. The number of hydrogen-bond donors (Lipinski definition) is 1. The third kappa shape index (κ3) is 3.50. The normalized spacial score (nSPS) is 20.8. The molecule has 2 unspecified atom stereocenters. The number of amides is 1. The Kier molecular flexibility index (Phi) is 6.30. The van der Waals surface area contributed by atoms with Gasteiger partial charge in [-0.15, -0.1) is 23.7 Å². The predicted molar refractivity (Wildman–Crippen MR) is 83.3 cm³/mol. The lowest BCUT2D eigenvalue weighted by Gasteiger charge is -2.38. The van der Waals surface area contributed by atoms with Gasteiger partial charge in [-0.25, -0.2) is 0 Å². The van der Waals surface area contributed by atoms with Gasteiger partial charge in [-0.2, -0.15) is 0 Å². The van der Waals surface area contributed by atoms with E-state index in [-0.39, 0.29) is 30.4 Å². The molecule has 0 spiro atoms. The highest BCUT2D eigenvalue weighted by Crippen LogP contribution is 2.25. The molecule has 0 aromatic carbocycles.